The molecule has 1 aromatic carbocycles. The highest BCUT2D eigenvalue weighted by atomic mass is 35.5. The Labute approximate surface area is 103 Å². The summed E-state index contributed by atoms with van der Waals surface area (Å²) in [5, 5.41) is 0.529. The molecular weight excluding hydrogens is 247 g/mol. The number of aromatic nitrogens is 1. The molecule has 0 aliphatic carbocycles. The smallest absolute Gasteiger partial charge is 0.240 e. The van der Waals surface area contributed by atoms with Gasteiger partial charge in [0, 0.05) is 0 Å². The van der Waals surface area contributed by atoms with Crippen LogP contribution in [0, 0.1) is 0 Å². The van der Waals surface area contributed by atoms with Gasteiger partial charge in [0.25, 0.3) is 0 Å². The van der Waals surface area contributed by atoms with E-state index in [1.165, 1.54) is 6.20 Å². The maximum Gasteiger partial charge on any atom is 0.240 e. The highest BCUT2D eigenvalue weighted by molar-refractivity contribution is 6.39. The number of hydrogen-bond donors (Lipinski definition) is 1. The molecule has 0 amide bonds. The second-order valence-electron chi connectivity index (χ2n) is 3.05. The summed E-state index contributed by atoms with van der Waals surface area (Å²) in [6.45, 7) is 0. The van der Waals surface area contributed by atoms with Gasteiger partial charge >= 0.3 is 0 Å². The van der Waals surface area contributed by atoms with Crippen LogP contribution in [0.5, 0.6) is 11.6 Å². The number of halogens is 2. The van der Waals surface area contributed by atoms with E-state index in [0.29, 0.717) is 10.8 Å². The number of anilines is 1. The van der Waals surface area contributed by atoms with Gasteiger partial charge in [-0.1, -0.05) is 41.4 Å². The van der Waals surface area contributed by atoms with Crippen LogP contribution in [0.2, 0.25) is 10.0 Å². The van der Waals surface area contributed by atoms with Crippen molar-refractivity contribution in [2.24, 2.45) is 0 Å². The molecule has 82 valence electrons. The van der Waals surface area contributed by atoms with Gasteiger partial charge in [0.05, 0.1) is 16.9 Å². The molecule has 0 bridgehead atoms. The lowest BCUT2D eigenvalue weighted by Crippen LogP contribution is -1.94. The molecule has 2 rings (SSSR count). The van der Waals surface area contributed by atoms with Crippen LogP contribution in [-0.4, -0.2) is 4.98 Å². The van der Waals surface area contributed by atoms with Crippen molar-refractivity contribution in [3.63, 3.8) is 0 Å². The van der Waals surface area contributed by atoms with Crippen LogP contribution < -0.4 is 10.5 Å². The molecule has 0 fully saturated rings. The average Bonchev–Trinajstić information content (AvgIpc) is 2.31. The Bertz CT molecular complexity index is 503. The monoisotopic (exact) mass is 254 g/mol. The van der Waals surface area contributed by atoms with Crippen LogP contribution in [0.1, 0.15) is 0 Å². The van der Waals surface area contributed by atoms with Gasteiger partial charge in [0.1, 0.15) is 10.8 Å². The third-order valence-electron chi connectivity index (χ3n) is 1.93. The number of pyridine rings is 1. The van der Waals surface area contributed by atoms with Gasteiger partial charge in [-0.15, -0.1) is 0 Å². The van der Waals surface area contributed by atoms with Gasteiger partial charge < -0.3 is 10.5 Å². The normalized spacial score (nSPS) is 10.1. The van der Waals surface area contributed by atoms with Crippen LogP contribution in [0.4, 0.5) is 5.69 Å². The van der Waals surface area contributed by atoms with Crippen LogP contribution in [0.15, 0.2) is 36.5 Å². The number of nitrogens with zero attached hydrogens (tertiary/aromatic N) is 1. The summed E-state index contributed by atoms with van der Waals surface area (Å²) in [5.74, 6) is 0.883. The predicted octanol–water partition coefficient (Wildman–Crippen LogP) is 3.76. The first-order valence-electron chi connectivity index (χ1n) is 4.51. The van der Waals surface area contributed by atoms with E-state index in [-0.39, 0.29) is 16.6 Å². The summed E-state index contributed by atoms with van der Waals surface area (Å²) in [6.07, 6.45) is 1.40. The molecule has 2 N–H and O–H groups in total. The summed E-state index contributed by atoms with van der Waals surface area (Å²) in [4.78, 5) is 3.97. The Morgan fingerprint density at radius 2 is 1.81 bits per heavy atom. The SMILES string of the molecule is Nc1c(Cl)cnc(Oc2ccccc2)c1Cl. The molecule has 0 saturated carbocycles. The number of rotatable bonds is 2. The van der Waals surface area contributed by atoms with Crippen LogP contribution in [0.3, 0.4) is 0 Å². The number of nitrogen functional groups attached to an aromatic ring is 1. The first-order valence-corrected chi connectivity index (χ1v) is 5.26. The largest absolute Gasteiger partial charge is 0.437 e. The van der Waals surface area contributed by atoms with Crippen molar-refractivity contribution in [2.45, 2.75) is 0 Å². The van der Waals surface area contributed by atoms with Gasteiger partial charge in [-0.2, -0.15) is 0 Å². The van der Waals surface area contributed by atoms with E-state index >= 15 is 0 Å². The number of para-hydroxylation sites is 1. The van der Waals surface area contributed by atoms with Crippen LogP contribution >= 0.6 is 23.2 Å². The van der Waals surface area contributed by atoms with E-state index in [0.717, 1.165) is 0 Å². The molecule has 0 saturated heterocycles. The summed E-state index contributed by atoms with van der Waals surface area (Å²) in [6, 6.07) is 9.18. The second-order valence-corrected chi connectivity index (χ2v) is 3.84. The van der Waals surface area contributed by atoms with Crippen molar-refractivity contribution < 1.29 is 4.74 Å². The molecule has 0 unspecified atom stereocenters. The molecule has 0 spiro atoms. The highest BCUT2D eigenvalue weighted by Crippen LogP contribution is 2.35. The van der Waals surface area contributed by atoms with Crippen LogP contribution in [-0.2, 0) is 0 Å². The van der Waals surface area contributed by atoms with Crippen molar-refractivity contribution >= 4 is 28.9 Å². The zero-order chi connectivity index (χ0) is 11.5. The minimum atomic E-state index is 0.219. The molecule has 2 aromatic rings. The van der Waals surface area contributed by atoms with E-state index in [2.05, 4.69) is 4.98 Å². The zero-order valence-electron chi connectivity index (χ0n) is 8.15. The van der Waals surface area contributed by atoms with E-state index in [4.69, 9.17) is 33.7 Å². The number of hydrogen-bond acceptors (Lipinski definition) is 3. The summed E-state index contributed by atoms with van der Waals surface area (Å²) < 4.78 is 5.46. The fraction of sp³-hybridized carbons (Fsp3) is 0. The quantitative estimate of drug-likeness (QED) is 0.888. The third kappa shape index (κ3) is 2.21. The molecule has 0 radical (unpaired) electrons. The molecule has 0 atom stereocenters. The van der Waals surface area contributed by atoms with Crippen molar-refractivity contribution in [3.05, 3.63) is 46.6 Å². The van der Waals surface area contributed by atoms with Crippen LogP contribution in [0.25, 0.3) is 0 Å². The Morgan fingerprint density at radius 3 is 2.50 bits per heavy atom. The van der Waals surface area contributed by atoms with E-state index < -0.39 is 0 Å². The molecule has 5 heteroatoms. The van der Waals surface area contributed by atoms with Gasteiger partial charge in [-0.25, -0.2) is 4.98 Å². The molecule has 16 heavy (non-hydrogen) atoms. The summed E-state index contributed by atoms with van der Waals surface area (Å²) in [7, 11) is 0. The Kier molecular flexibility index (Phi) is 3.17. The molecule has 1 aromatic heterocycles. The molecule has 0 aliphatic rings. The molecular formula is C11H8Cl2N2O. The standard InChI is InChI=1S/C11H8Cl2N2O/c12-8-6-15-11(9(13)10(8)14)16-7-4-2-1-3-5-7/h1-6H,(H2,14,15). The highest BCUT2D eigenvalue weighted by Gasteiger charge is 2.10. The fourth-order valence-corrected chi connectivity index (χ4v) is 1.51. The van der Waals surface area contributed by atoms with Gasteiger partial charge in [-0.3, -0.25) is 0 Å². The first-order chi connectivity index (χ1) is 7.68. The Hall–Kier alpha value is -1.45. The fourth-order valence-electron chi connectivity index (χ4n) is 1.13. The Morgan fingerprint density at radius 1 is 1.12 bits per heavy atom. The van der Waals surface area contributed by atoms with Gasteiger partial charge in [-0.05, 0) is 12.1 Å². The maximum absolute atomic E-state index is 5.95. The summed E-state index contributed by atoms with van der Waals surface area (Å²) >= 11 is 11.7. The van der Waals surface area contributed by atoms with Gasteiger partial charge in [0.2, 0.25) is 5.88 Å². The molecule has 3 nitrogen and oxygen atoms in total. The zero-order valence-corrected chi connectivity index (χ0v) is 9.66. The lowest BCUT2D eigenvalue weighted by Gasteiger charge is -2.08. The van der Waals surface area contributed by atoms with E-state index in [9.17, 15) is 0 Å². The van der Waals surface area contributed by atoms with Crippen molar-refractivity contribution in [1.29, 1.82) is 0 Å². The lowest BCUT2D eigenvalue weighted by molar-refractivity contribution is 0.463. The predicted molar refractivity (Wildman–Crippen MR) is 65.2 cm³/mol. The minimum Gasteiger partial charge on any atom is -0.437 e. The van der Waals surface area contributed by atoms with Crippen molar-refractivity contribution in [3.8, 4) is 11.6 Å². The minimum absolute atomic E-state index is 0.219. The maximum atomic E-state index is 5.95. The Balaban J connectivity index is 2.33. The van der Waals surface area contributed by atoms with Crippen molar-refractivity contribution in [1.82, 2.24) is 4.98 Å². The number of ether oxygens (including phenoxy) is 1. The topological polar surface area (TPSA) is 48.1 Å². The number of benzene rings is 1. The van der Waals surface area contributed by atoms with Gasteiger partial charge in [0.15, 0.2) is 0 Å². The van der Waals surface area contributed by atoms with E-state index in [1.807, 2.05) is 18.2 Å². The summed E-state index contributed by atoms with van der Waals surface area (Å²) in [5.41, 5.74) is 5.92. The number of nitrogens with two attached hydrogens (primary N) is 1. The average molecular weight is 255 g/mol. The first kappa shape index (κ1) is 11.0. The van der Waals surface area contributed by atoms with E-state index in [1.54, 1.807) is 12.1 Å². The third-order valence-corrected chi connectivity index (χ3v) is 2.60. The second kappa shape index (κ2) is 4.60. The lowest BCUT2D eigenvalue weighted by atomic mass is 10.3. The van der Waals surface area contributed by atoms with Crippen molar-refractivity contribution in [2.75, 3.05) is 5.73 Å². The molecule has 1 heterocycles. The molecule has 0 aliphatic heterocycles.